The minimum atomic E-state index is -0.106. The molecule has 37 heavy (non-hydrogen) atoms. The molecule has 0 spiro atoms. The van der Waals surface area contributed by atoms with E-state index in [1.54, 1.807) is 25.2 Å². The van der Waals surface area contributed by atoms with Gasteiger partial charge in [0.05, 0.1) is 22.7 Å². The Morgan fingerprint density at radius 2 is 1.86 bits per heavy atom. The molecule has 1 amide bonds. The van der Waals surface area contributed by atoms with E-state index in [4.69, 9.17) is 30.8 Å². The van der Waals surface area contributed by atoms with Gasteiger partial charge in [-0.15, -0.1) is 0 Å². The molecular weight excluding hydrogens is 508 g/mol. The van der Waals surface area contributed by atoms with E-state index in [-0.39, 0.29) is 5.91 Å². The van der Waals surface area contributed by atoms with Crippen LogP contribution in [0.25, 0.3) is 6.08 Å². The Morgan fingerprint density at radius 1 is 1.05 bits per heavy atom. The smallest absolute Gasteiger partial charge is 0.266 e. The first kappa shape index (κ1) is 26.8. The van der Waals surface area contributed by atoms with Gasteiger partial charge in [-0.2, -0.15) is 0 Å². The fraction of sp³-hybridized carbons (Fsp3) is 0.241. The van der Waals surface area contributed by atoms with E-state index in [2.05, 4.69) is 6.07 Å². The normalized spacial score (nSPS) is 15.6. The van der Waals surface area contributed by atoms with Crippen LogP contribution in [0.4, 0.5) is 5.69 Å². The number of aryl methyl sites for hydroxylation is 1. The summed E-state index contributed by atoms with van der Waals surface area (Å²) >= 11 is 7.95. The van der Waals surface area contributed by atoms with Crippen LogP contribution in [0.2, 0.25) is 5.02 Å². The number of halogens is 1. The lowest BCUT2D eigenvalue weighted by Gasteiger charge is -2.15. The molecule has 3 aromatic rings. The molecule has 1 aliphatic heterocycles. The average molecular weight is 537 g/mol. The molecule has 1 heterocycles. The second-order valence-electron chi connectivity index (χ2n) is 8.46. The minimum Gasteiger partial charge on any atom is -0.493 e. The molecule has 3 aromatic carbocycles. The van der Waals surface area contributed by atoms with Crippen LogP contribution in [0.5, 0.6) is 11.5 Å². The SMILES string of the molecule is COCCCN1C(=O)/C(=C/c2cc(Cl)c(OCc3cccc(C)c3)c(OC)c2)SC1=Nc1ccccc1. The summed E-state index contributed by atoms with van der Waals surface area (Å²) in [6.07, 6.45) is 2.51. The van der Waals surface area contributed by atoms with E-state index in [1.165, 1.54) is 11.8 Å². The van der Waals surface area contributed by atoms with E-state index < -0.39 is 0 Å². The Morgan fingerprint density at radius 3 is 2.59 bits per heavy atom. The maximum atomic E-state index is 13.3. The number of carbonyl (C=O) groups is 1. The monoisotopic (exact) mass is 536 g/mol. The number of para-hydroxylation sites is 1. The van der Waals surface area contributed by atoms with Crippen molar-refractivity contribution in [3.8, 4) is 11.5 Å². The lowest BCUT2D eigenvalue weighted by molar-refractivity contribution is -0.122. The van der Waals surface area contributed by atoms with Gasteiger partial charge in [0.15, 0.2) is 16.7 Å². The Kier molecular flexibility index (Phi) is 9.28. The number of hydrogen-bond donors (Lipinski definition) is 0. The fourth-order valence-corrected chi connectivity index (χ4v) is 5.14. The first-order chi connectivity index (χ1) is 18.0. The van der Waals surface area contributed by atoms with Gasteiger partial charge >= 0.3 is 0 Å². The van der Waals surface area contributed by atoms with Crippen LogP contribution in [0.3, 0.4) is 0 Å². The zero-order chi connectivity index (χ0) is 26.2. The molecule has 0 radical (unpaired) electrons. The quantitative estimate of drug-likeness (QED) is 0.209. The first-order valence-electron chi connectivity index (χ1n) is 11.9. The van der Waals surface area contributed by atoms with Crippen molar-refractivity contribution in [2.75, 3.05) is 27.4 Å². The highest BCUT2D eigenvalue weighted by molar-refractivity contribution is 8.18. The predicted molar refractivity (Wildman–Crippen MR) is 151 cm³/mol. The number of hydrogen-bond acceptors (Lipinski definition) is 6. The second-order valence-corrected chi connectivity index (χ2v) is 9.87. The fourth-order valence-electron chi connectivity index (χ4n) is 3.84. The Balaban J connectivity index is 1.59. The number of rotatable bonds is 10. The molecule has 1 saturated heterocycles. The molecule has 0 aliphatic carbocycles. The number of carbonyl (C=O) groups excluding carboxylic acids is 1. The van der Waals surface area contributed by atoms with Crippen molar-refractivity contribution in [1.29, 1.82) is 0 Å². The van der Waals surface area contributed by atoms with Crippen LogP contribution < -0.4 is 9.47 Å². The first-order valence-corrected chi connectivity index (χ1v) is 13.1. The van der Waals surface area contributed by atoms with Gasteiger partial charge in [0.2, 0.25) is 0 Å². The van der Waals surface area contributed by atoms with Gasteiger partial charge < -0.3 is 14.2 Å². The Bertz CT molecular complexity index is 1310. The van der Waals surface area contributed by atoms with Gasteiger partial charge in [-0.25, -0.2) is 4.99 Å². The van der Waals surface area contributed by atoms with Gasteiger partial charge in [-0.3, -0.25) is 9.69 Å². The van der Waals surface area contributed by atoms with E-state index in [0.717, 1.165) is 22.4 Å². The third kappa shape index (κ3) is 6.95. The molecular formula is C29H29ClN2O4S. The molecule has 0 N–H and O–H groups in total. The zero-order valence-corrected chi connectivity index (χ0v) is 22.6. The molecule has 0 bridgehead atoms. The summed E-state index contributed by atoms with van der Waals surface area (Å²) in [6, 6.07) is 21.3. The summed E-state index contributed by atoms with van der Waals surface area (Å²) in [7, 11) is 3.22. The molecule has 1 fully saturated rings. The highest BCUT2D eigenvalue weighted by Crippen LogP contribution is 2.40. The lowest BCUT2D eigenvalue weighted by atomic mass is 10.1. The molecule has 0 atom stereocenters. The van der Waals surface area contributed by atoms with Crippen molar-refractivity contribution < 1.29 is 19.0 Å². The van der Waals surface area contributed by atoms with E-state index in [0.29, 0.717) is 52.8 Å². The third-order valence-electron chi connectivity index (χ3n) is 5.61. The molecule has 8 heteroatoms. The summed E-state index contributed by atoms with van der Waals surface area (Å²) < 4.78 is 16.8. The summed E-state index contributed by atoms with van der Waals surface area (Å²) in [4.78, 5) is 20.3. The van der Waals surface area contributed by atoms with E-state index in [9.17, 15) is 4.79 Å². The number of ether oxygens (including phenoxy) is 3. The summed E-state index contributed by atoms with van der Waals surface area (Å²) in [5, 5.41) is 1.04. The van der Waals surface area contributed by atoms with Gasteiger partial charge in [-0.1, -0.05) is 59.6 Å². The maximum absolute atomic E-state index is 13.3. The van der Waals surface area contributed by atoms with Crippen molar-refractivity contribution in [2.45, 2.75) is 20.0 Å². The second kappa shape index (κ2) is 12.8. The topological polar surface area (TPSA) is 60.4 Å². The van der Waals surface area contributed by atoms with Crippen molar-refractivity contribution in [3.05, 3.63) is 93.3 Å². The molecule has 6 nitrogen and oxygen atoms in total. The van der Waals surface area contributed by atoms with E-state index >= 15 is 0 Å². The van der Waals surface area contributed by atoms with E-state index in [1.807, 2.05) is 67.6 Å². The predicted octanol–water partition coefficient (Wildman–Crippen LogP) is 6.88. The number of thioether (sulfide) groups is 1. The van der Waals surface area contributed by atoms with Crippen LogP contribution in [0, 0.1) is 6.92 Å². The van der Waals surface area contributed by atoms with Crippen LogP contribution in [0.15, 0.2) is 76.6 Å². The summed E-state index contributed by atoms with van der Waals surface area (Å²) in [5.74, 6) is 0.856. The number of amidine groups is 1. The van der Waals surface area contributed by atoms with Gasteiger partial charge in [0, 0.05) is 20.3 Å². The molecule has 1 aliphatic rings. The number of methoxy groups -OCH3 is 2. The molecule has 4 rings (SSSR count). The number of nitrogens with zero attached hydrogens (tertiary/aromatic N) is 2. The van der Waals surface area contributed by atoms with Gasteiger partial charge in [0.1, 0.15) is 6.61 Å². The summed E-state index contributed by atoms with van der Waals surface area (Å²) in [6.45, 7) is 3.47. The molecule has 0 unspecified atom stereocenters. The number of amides is 1. The zero-order valence-electron chi connectivity index (χ0n) is 21.1. The standard InChI is InChI=1S/C29H29ClN2O4S/c1-20-9-7-10-21(15-20)19-36-27-24(30)16-22(17-25(27)35-3)18-26-28(33)32(13-8-14-34-2)29(37-26)31-23-11-5-4-6-12-23/h4-7,9-12,15-18H,8,13-14,19H2,1-3H3/b26-18-,31-29?. The molecule has 0 aromatic heterocycles. The van der Waals surface area contributed by atoms with Crippen LogP contribution >= 0.6 is 23.4 Å². The van der Waals surface area contributed by atoms with Crippen molar-refractivity contribution in [2.24, 2.45) is 4.99 Å². The Labute approximate surface area is 226 Å². The third-order valence-corrected chi connectivity index (χ3v) is 6.90. The highest BCUT2D eigenvalue weighted by atomic mass is 35.5. The lowest BCUT2D eigenvalue weighted by Crippen LogP contribution is -2.30. The van der Waals surface area contributed by atoms with Gasteiger partial charge in [-0.05, 0) is 66.6 Å². The average Bonchev–Trinajstić information content (AvgIpc) is 3.17. The summed E-state index contributed by atoms with van der Waals surface area (Å²) in [5.41, 5.74) is 3.72. The highest BCUT2D eigenvalue weighted by Gasteiger charge is 2.33. The number of aliphatic imine (C=N–C) groups is 1. The van der Waals surface area contributed by atoms with Crippen molar-refractivity contribution in [1.82, 2.24) is 4.90 Å². The van der Waals surface area contributed by atoms with Crippen molar-refractivity contribution >= 4 is 46.2 Å². The van der Waals surface area contributed by atoms with Gasteiger partial charge in [0.25, 0.3) is 5.91 Å². The molecule has 192 valence electrons. The molecule has 0 saturated carbocycles. The Hall–Kier alpha value is -3.26. The van der Waals surface area contributed by atoms with Crippen LogP contribution in [-0.2, 0) is 16.1 Å². The van der Waals surface area contributed by atoms with Crippen molar-refractivity contribution in [3.63, 3.8) is 0 Å². The van der Waals surface area contributed by atoms with Crippen LogP contribution in [-0.4, -0.2) is 43.3 Å². The largest absolute Gasteiger partial charge is 0.493 e. The number of benzene rings is 3. The maximum Gasteiger partial charge on any atom is 0.266 e. The van der Waals surface area contributed by atoms with Crippen LogP contribution in [0.1, 0.15) is 23.1 Å². The minimum absolute atomic E-state index is 0.106.